The second-order valence-electron chi connectivity index (χ2n) is 5.69. The Labute approximate surface area is 135 Å². The number of ether oxygens (including phenoxy) is 2. The molecule has 0 radical (unpaired) electrons. The maximum atomic E-state index is 9.80. The van der Waals surface area contributed by atoms with Gasteiger partial charge in [0.2, 0.25) is 0 Å². The van der Waals surface area contributed by atoms with Crippen LogP contribution in [0.4, 0.5) is 0 Å². The molecule has 1 heterocycles. The van der Waals surface area contributed by atoms with E-state index in [-0.39, 0.29) is 17.5 Å². The third-order valence-corrected chi connectivity index (χ3v) is 4.28. The molecule has 1 aliphatic rings. The number of hydrogen-bond acceptors (Lipinski definition) is 5. The highest BCUT2D eigenvalue weighted by molar-refractivity contribution is 5.49. The molecule has 5 heteroatoms. The van der Waals surface area contributed by atoms with Crippen LogP contribution in [0.2, 0.25) is 0 Å². The maximum absolute atomic E-state index is 9.80. The van der Waals surface area contributed by atoms with Crippen molar-refractivity contribution in [3.8, 4) is 23.0 Å². The van der Waals surface area contributed by atoms with E-state index in [0.717, 1.165) is 36.1 Å². The van der Waals surface area contributed by atoms with Crippen molar-refractivity contribution in [3.63, 3.8) is 0 Å². The van der Waals surface area contributed by atoms with Crippen molar-refractivity contribution < 1.29 is 19.7 Å². The van der Waals surface area contributed by atoms with Gasteiger partial charge in [0, 0.05) is 6.04 Å². The van der Waals surface area contributed by atoms with Crippen LogP contribution in [-0.4, -0.2) is 31.0 Å². The van der Waals surface area contributed by atoms with Crippen molar-refractivity contribution in [3.05, 3.63) is 47.0 Å². The van der Waals surface area contributed by atoms with Gasteiger partial charge in [-0.15, -0.1) is 0 Å². The van der Waals surface area contributed by atoms with Crippen molar-refractivity contribution in [2.24, 2.45) is 0 Å². The van der Waals surface area contributed by atoms with Crippen LogP contribution in [0.25, 0.3) is 0 Å². The van der Waals surface area contributed by atoms with Gasteiger partial charge in [0.25, 0.3) is 0 Å². The molecule has 2 aromatic rings. The highest BCUT2D eigenvalue weighted by Gasteiger charge is 2.22. The number of rotatable bonds is 4. The van der Waals surface area contributed by atoms with Crippen LogP contribution in [-0.2, 0) is 12.8 Å². The smallest absolute Gasteiger partial charge is 0.160 e. The van der Waals surface area contributed by atoms with Crippen LogP contribution in [0.15, 0.2) is 30.3 Å². The molecule has 0 spiro atoms. The molecule has 3 rings (SSSR count). The van der Waals surface area contributed by atoms with Gasteiger partial charge in [0.15, 0.2) is 23.0 Å². The van der Waals surface area contributed by atoms with Gasteiger partial charge in [0.05, 0.1) is 14.2 Å². The van der Waals surface area contributed by atoms with Crippen LogP contribution in [0.1, 0.15) is 22.7 Å². The Bertz CT molecular complexity index is 714. The zero-order valence-corrected chi connectivity index (χ0v) is 13.3. The minimum atomic E-state index is -0.0789. The Hall–Kier alpha value is -2.40. The maximum Gasteiger partial charge on any atom is 0.160 e. The molecule has 2 aromatic carbocycles. The van der Waals surface area contributed by atoms with Gasteiger partial charge in [-0.05, 0) is 60.3 Å². The summed E-state index contributed by atoms with van der Waals surface area (Å²) in [5.74, 6) is 1.27. The summed E-state index contributed by atoms with van der Waals surface area (Å²) >= 11 is 0. The minimum Gasteiger partial charge on any atom is -0.504 e. The average molecular weight is 315 g/mol. The van der Waals surface area contributed by atoms with Gasteiger partial charge < -0.3 is 25.0 Å². The number of methoxy groups -OCH3 is 2. The number of fused-ring (bicyclic) bond motifs is 1. The molecule has 23 heavy (non-hydrogen) atoms. The van der Waals surface area contributed by atoms with Crippen molar-refractivity contribution in [1.82, 2.24) is 5.32 Å². The fourth-order valence-electron chi connectivity index (χ4n) is 3.09. The third-order valence-electron chi connectivity index (χ3n) is 4.28. The number of hydrogen-bond donors (Lipinski definition) is 3. The van der Waals surface area contributed by atoms with E-state index in [2.05, 4.69) is 5.32 Å². The van der Waals surface area contributed by atoms with E-state index in [1.807, 2.05) is 18.2 Å². The second kappa shape index (κ2) is 6.38. The molecule has 5 nitrogen and oxygen atoms in total. The van der Waals surface area contributed by atoms with E-state index in [1.165, 1.54) is 0 Å². The molecule has 3 N–H and O–H groups in total. The zero-order valence-electron chi connectivity index (χ0n) is 13.3. The highest BCUT2D eigenvalue weighted by atomic mass is 16.5. The first kappa shape index (κ1) is 15.5. The summed E-state index contributed by atoms with van der Waals surface area (Å²) in [6.45, 7) is 0.842. The standard InChI is InChI=1S/C18H21NO4/c1-22-17-4-3-11(8-18(17)23-2)7-14-13-10-16(21)15(20)9-12(13)5-6-19-14/h3-4,8-10,14,19-21H,5-7H2,1-2H3/t14-/m0/s1. The highest BCUT2D eigenvalue weighted by Crippen LogP contribution is 2.36. The van der Waals surface area contributed by atoms with Gasteiger partial charge in [-0.1, -0.05) is 6.07 Å². The van der Waals surface area contributed by atoms with E-state index in [4.69, 9.17) is 9.47 Å². The van der Waals surface area contributed by atoms with Gasteiger partial charge >= 0.3 is 0 Å². The number of aromatic hydroxyl groups is 2. The van der Waals surface area contributed by atoms with Crippen LogP contribution < -0.4 is 14.8 Å². The van der Waals surface area contributed by atoms with Gasteiger partial charge in [-0.3, -0.25) is 0 Å². The Kier molecular flexibility index (Phi) is 4.30. The lowest BCUT2D eigenvalue weighted by atomic mass is 9.90. The number of phenolic OH excluding ortho intramolecular Hbond substituents is 2. The van der Waals surface area contributed by atoms with Gasteiger partial charge in [0.1, 0.15) is 0 Å². The quantitative estimate of drug-likeness (QED) is 0.756. The van der Waals surface area contributed by atoms with E-state index >= 15 is 0 Å². The van der Waals surface area contributed by atoms with E-state index in [0.29, 0.717) is 11.5 Å². The van der Waals surface area contributed by atoms with Crippen LogP contribution in [0.3, 0.4) is 0 Å². The Morgan fingerprint density at radius 3 is 2.52 bits per heavy atom. The van der Waals surface area contributed by atoms with Gasteiger partial charge in [-0.2, -0.15) is 0 Å². The molecule has 122 valence electrons. The SMILES string of the molecule is COc1ccc(C[C@@H]2NCCc3cc(O)c(O)cc32)cc1OC. The Balaban J connectivity index is 1.89. The molecule has 0 aromatic heterocycles. The van der Waals surface area contributed by atoms with Crippen molar-refractivity contribution >= 4 is 0 Å². The Morgan fingerprint density at radius 2 is 1.78 bits per heavy atom. The summed E-state index contributed by atoms with van der Waals surface area (Å²) in [6.07, 6.45) is 1.60. The molecule has 0 saturated carbocycles. The van der Waals surface area contributed by atoms with Gasteiger partial charge in [-0.25, -0.2) is 0 Å². The lowest BCUT2D eigenvalue weighted by Gasteiger charge is -2.27. The molecule has 1 aliphatic heterocycles. The topological polar surface area (TPSA) is 71.0 Å². The van der Waals surface area contributed by atoms with Crippen molar-refractivity contribution in [1.29, 1.82) is 0 Å². The minimum absolute atomic E-state index is 0.0597. The van der Waals surface area contributed by atoms with E-state index in [9.17, 15) is 10.2 Å². The average Bonchev–Trinajstić information content (AvgIpc) is 2.56. The lowest BCUT2D eigenvalue weighted by molar-refractivity contribution is 0.354. The summed E-state index contributed by atoms with van der Waals surface area (Å²) in [5.41, 5.74) is 3.21. The van der Waals surface area contributed by atoms with Crippen LogP contribution in [0.5, 0.6) is 23.0 Å². The molecule has 0 unspecified atom stereocenters. The monoisotopic (exact) mass is 315 g/mol. The second-order valence-corrected chi connectivity index (χ2v) is 5.69. The predicted molar refractivity (Wildman–Crippen MR) is 87.5 cm³/mol. The molecular weight excluding hydrogens is 294 g/mol. The first-order chi connectivity index (χ1) is 11.1. The first-order valence-electron chi connectivity index (χ1n) is 7.61. The van der Waals surface area contributed by atoms with Crippen LogP contribution >= 0.6 is 0 Å². The molecule has 0 saturated heterocycles. The lowest BCUT2D eigenvalue weighted by Crippen LogP contribution is -2.31. The van der Waals surface area contributed by atoms with E-state index < -0.39 is 0 Å². The number of benzene rings is 2. The largest absolute Gasteiger partial charge is 0.504 e. The fraction of sp³-hybridized carbons (Fsp3) is 0.333. The summed E-state index contributed by atoms with van der Waals surface area (Å²) in [5, 5.41) is 22.9. The first-order valence-corrected chi connectivity index (χ1v) is 7.61. The van der Waals surface area contributed by atoms with Crippen molar-refractivity contribution in [2.45, 2.75) is 18.9 Å². The summed E-state index contributed by atoms with van der Waals surface area (Å²) in [4.78, 5) is 0. The fourth-order valence-corrected chi connectivity index (χ4v) is 3.09. The molecule has 0 bridgehead atoms. The van der Waals surface area contributed by atoms with Crippen LogP contribution in [0, 0.1) is 0 Å². The normalized spacial score (nSPS) is 16.7. The number of nitrogens with one attached hydrogen (secondary N) is 1. The molecule has 1 atom stereocenters. The summed E-state index contributed by atoms with van der Waals surface area (Å²) in [6, 6.07) is 9.28. The molecule has 0 amide bonds. The Morgan fingerprint density at radius 1 is 1.04 bits per heavy atom. The van der Waals surface area contributed by atoms with Crippen molar-refractivity contribution in [2.75, 3.05) is 20.8 Å². The summed E-state index contributed by atoms with van der Waals surface area (Å²) < 4.78 is 10.6. The summed E-state index contributed by atoms with van der Waals surface area (Å²) in [7, 11) is 3.24. The molecule has 0 aliphatic carbocycles. The molecular formula is C18H21NO4. The van der Waals surface area contributed by atoms with E-state index in [1.54, 1.807) is 26.4 Å². The zero-order chi connectivity index (χ0) is 16.4. The third kappa shape index (κ3) is 3.05. The predicted octanol–water partition coefficient (Wildman–Crippen LogP) is 2.54. The molecule has 0 fully saturated rings. The number of phenols is 2.